The molecular weight excluding hydrogens is 395 g/mol. The molecule has 1 aromatic carbocycles. The van der Waals surface area contributed by atoms with Crippen LogP contribution in [0.2, 0.25) is 0 Å². The molecule has 5 rings (SSSR count). The van der Waals surface area contributed by atoms with E-state index in [1.165, 1.54) is 16.9 Å². The highest BCUT2D eigenvalue weighted by molar-refractivity contribution is 5.83. The highest BCUT2D eigenvalue weighted by Crippen LogP contribution is 2.44. The van der Waals surface area contributed by atoms with Crippen LogP contribution in [-0.4, -0.2) is 62.9 Å². The van der Waals surface area contributed by atoms with Gasteiger partial charge in [-0.05, 0) is 31.5 Å². The summed E-state index contributed by atoms with van der Waals surface area (Å²) in [4.78, 5) is 13.3. The minimum Gasteiger partial charge on any atom is -0.351 e. The maximum absolute atomic E-state index is 13.8. The monoisotopic (exact) mass is 412 g/mol. The van der Waals surface area contributed by atoms with Crippen molar-refractivity contribution in [3.05, 3.63) is 30.1 Å². The lowest BCUT2D eigenvalue weighted by Gasteiger charge is -2.38. The Labute approximate surface area is 161 Å². The van der Waals surface area contributed by atoms with Gasteiger partial charge < -0.3 is 4.90 Å². The van der Waals surface area contributed by atoms with Crippen LogP contribution >= 0.6 is 0 Å². The zero-order chi connectivity index (χ0) is 20.4. The van der Waals surface area contributed by atoms with Gasteiger partial charge in [0, 0.05) is 31.2 Å². The summed E-state index contributed by atoms with van der Waals surface area (Å²) in [6.45, 7) is 3.48. The number of benzene rings is 1. The third-order valence-electron chi connectivity index (χ3n) is 5.78. The number of aromatic nitrogens is 4. The molecule has 4 heterocycles. The second-order valence-corrected chi connectivity index (χ2v) is 7.48. The molecule has 1 unspecified atom stereocenters. The predicted octanol–water partition coefficient (Wildman–Crippen LogP) is 3.22. The van der Waals surface area contributed by atoms with E-state index >= 15 is 0 Å². The van der Waals surface area contributed by atoms with Crippen molar-refractivity contribution in [2.24, 2.45) is 0 Å². The van der Waals surface area contributed by atoms with Crippen LogP contribution in [0.5, 0.6) is 0 Å². The van der Waals surface area contributed by atoms with E-state index in [4.69, 9.17) is 0 Å². The molecule has 0 saturated carbocycles. The summed E-state index contributed by atoms with van der Waals surface area (Å²) in [7, 11) is 0. The topological polar surface area (TPSA) is 49.6 Å². The van der Waals surface area contributed by atoms with Crippen molar-refractivity contribution < 1.29 is 22.0 Å². The van der Waals surface area contributed by atoms with Gasteiger partial charge >= 0.3 is 12.1 Å². The smallest absolute Gasteiger partial charge is 0.351 e. The van der Waals surface area contributed by atoms with Gasteiger partial charge in [0.05, 0.1) is 11.0 Å². The molecule has 0 N–H and O–H groups in total. The van der Waals surface area contributed by atoms with Gasteiger partial charge in [0.15, 0.2) is 11.5 Å². The first-order chi connectivity index (χ1) is 13.8. The van der Waals surface area contributed by atoms with Crippen LogP contribution in [0.1, 0.15) is 18.4 Å². The second-order valence-electron chi connectivity index (χ2n) is 7.48. The minimum atomic E-state index is -5.68. The average Bonchev–Trinajstić information content (AvgIpc) is 3.34. The van der Waals surface area contributed by atoms with Crippen molar-refractivity contribution in [3.8, 4) is 0 Å². The molecule has 2 saturated heterocycles. The lowest BCUT2D eigenvalue weighted by molar-refractivity contribution is -0.289. The number of alkyl halides is 5. The third-order valence-corrected chi connectivity index (χ3v) is 5.78. The molecule has 2 fully saturated rings. The zero-order valence-corrected chi connectivity index (χ0v) is 15.2. The molecule has 0 radical (unpaired) electrons. The van der Waals surface area contributed by atoms with Crippen molar-refractivity contribution in [2.45, 2.75) is 31.0 Å². The lowest BCUT2D eigenvalue weighted by atomic mass is 10.1. The molecule has 2 aromatic heterocycles. The van der Waals surface area contributed by atoms with E-state index < -0.39 is 17.7 Å². The van der Waals surface area contributed by atoms with E-state index in [1.807, 2.05) is 0 Å². The Hall–Kier alpha value is -2.56. The Morgan fingerprint density at radius 3 is 2.66 bits per heavy atom. The maximum atomic E-state index is 13.8. The Kier molecular flexibility index (Phi) is 3.96. The average molecular weight is 412 g/mol. The SMILES string of the molecule is FC(F)(F)C(F)(F)c1ccc2nc(N3CCN4CCCC4C3)c3ncnn3c2c1. The summed E-state index contributed by atoms with van der Waals surface area (Å²) in [5, 5.41) is 4.06. The number of rotatable bonds is 2. The van der Waals surface area contributed by atoms with Crippen molar-refractivity contribution in [1.82, 2.24) is 24.5 Å². The first-order valence-corrected chi connectivity index (χ1v) is 9.33. The molecule has 11 heteroatoms. The maximum Gasteiger partial charge on any atom is 0.458 e. The molecule has 6 nitrogen and oxygen atoms in total. The summed E-state index contributed by atoms with van der Waals surface area (Å²) in [5.41, 5.74) is -0.462. The molecule has 0 spiro atoms. The summed E-state index contributed by atoms with van der Waals surface area (Å²) in [6, 6.07) is 3.17. The van der Waals surface area contributed by atoms with Crippen molar-refractivity contribution in [3.63, 3.8) is 0 Å². The van der Waals surface area contributed by atoms with Gasteiger partial charge in [-0.2, -0.15) is 27.1 Å². The second kappa shape index (κ2) is 6.22. The van der Waals surface area contributed by atoms with E-state index in [9.17, 15) is 22.0 Å². The quantitative estimate of drug-likeness (QED) is 0.605. The molecule has 3 aromatic rings. The van der Waals surface area contributed by atoms with Gasteiger partial charge in [-0.15, -0.1) is 0 Å². The van der Waals surface area contributed by atoms with Crippen LogP contribution in [0.15, 0.2) is 24.5 Å². The predicted molar refractivity (Wildman–Crippen MR) is 95.0 cm³/mol. The fraction of sp³-hybridized carbons (Fsp3) is 0.500. The molecule has 2 aliphatic rings. The van der Waals surface area contributed by atoms with E-state index in [0.29, 0.717) is 17.5 Å². The fourth-order valence-electron chi connectivity index (χ4n) is 4.28. The van der Waals surface area contributed by atoms with Gasteiger partial charge in [-0.25, -0.2) is 14.5 Å². The molecule has 154 valence electrons. The number of nitrogens with zero attached hydrogens (tertiary/aromatic N) is 6. The molecule has 0 aliphatic carbocycles. The molecule has 2 aliphatic heterocycles. The summed E-state index contributed by atoms with van der Waals surface area (Å²) < 4.78 is 67.2. The number of anilines is 1. The van der Waals surface area contributed by atoms with Gasteiger partial charge in [-0.3, -0.25) is 4.90 Å². The largest absolute Gasteiger partial charge is 0.458 e. The zero-order valence-electron chi connectivity index (χ0n) is 15.2. The standard InChI is InChI=1S/C18H17F5N6/c19-17(20,18(21,22)23)11-3-4-13-14(8-11)29-15(24-10-25-29)16(26-13)28-7-6-27-5-1-2-12(27)9-28/h3-4,8,10,12H,1-2,5-7,9H2. The Bertz CT molecular complexity index is 1080. The number of hydrogen-bond donors (Lipinski definition) is 0. The molecule has 0 bridgehead atoms. The Balaban J connectivity index is 1.61. The molecular formula is C18H17F5N6. The van der Waals surface area contributed by atoms with E-state index in [-0.39, 0.29) is 11.0 Å². The van der Waals surface area contributed by atoms with Gasteiger partial charge in [0.25, 0.3) is 0 Å². The summed E-state index contributed by atoms with van der Waals surface area (Å²) in [5.74, 6) is -4.40. The van der Waals surface area contributed by atoms with E-state index in [1.54, 1.807) is 0 Å². The first kappa shape index (κ1) is 18.5. The number of fused-ring (bicyclic) bond motifs is 4. The van der Waals surface area contributed by atoms with Crippen LogP contribution < -0.4 is 4.90 Å². The van der Waals surface area contributed by atoms with Crippen LogP contribution in [-0.2, 0) is 5.92 Å². The number of piperazine rings is 1. The normalized spacial score (nSPS) is 21.3. The summed E-state index contributed by atoms with van der Waals surface area (Å²) in [6.07, 6.45) is -2.18. The van der Waals surface area contributed by atoms with Gasteiger partial charge in [0.2, 0.25) is 0 Å². The highest BCUT2D eigenvalue weighted by atomic mass is 19.4. The summed E-state index contributed by atoms with van der Waals surface area (Å²) >= 11 is 0. The van der Waals surface area contributed by atoms with Crippen LogP contribution in [0.3, 0.4) is 0 Å². The van der Waals surface area contributed by atoms with E-state index in [0.717, 1.165) is 51.2 Å². The van der Waals surface area contributed by atoms with Crippen molar-refractivity contribution in [2.75, 3.05) is 31.1 Å². The van der Waals surface area contributed by atoms with Gasteiger partial charge in [-0.1, -0.05) is 6.07 Å². The Morgan fingerprint density at radius 1 is 1.03 bits per heavy atom. The number of halogens is 5. The van der Waals surface area contributed by atoms with Crippen LogP contribution in [0.25, 0.3) is 16.7 Å². The first-order valence-electron chi connectivity index (χ1n) is 9.33. The molecule has 1 atom stereocenters. The van der Waals surface area contributed by atoms with E-state index in [2.05, 4.69) is 24.9 Å². The third kappa shape index (κ3) is 2.82. The van der Waals surface area contributed by atoms with Crippen LogP contribution in [0, 0.1) is 0 Å². The molecule has 0 amide bonds. The van der Waals surface area contributed by atoms with Crippen molar-refractivity contribution >= 4 is 22.5 Å². The fourth-order valence-corrected chi connectivity index (χ4v) is 4.28. The highest BCUT2D eigenvalue weighted by Gasteiger charge is 2.58. The van der Waals surface area contributed by atoms with Crippen molar-refractivity contribution in [1.29, 1.82) is 0 Å². The molecule has 29 heavy (non-hydrogen) atoms. The Morgan fingerprint density at radius 2 is 1.86 bits per heavy atom. The lowest BCUT2D eigenvalue weighted by Crippen LogP contribution is -2.50. The van der Waals surface area contributed by atoms with Gasteiger partial charge in [0.1, 0.15) is 6.33 Å². The van der Waals surface area contributed by atoms with Crippen LogP contribution in [0.4, 0.5) is 27.8 Å². The number of hydrogen-bond acceptors (Lipinski definition) is 5. The minimum absolute atomic E-state index is 0.0576.